The van der Waals surface area contributed by atoms with E-state index in [0.717, 1.165) is 5.56 Å². The van der Waals surface area contributed by atoms with Gasteiger partial charge >= 0.3 is 11.9 Å². The number of benzene rings is 1. The number of nitrogens with zero attached hydrogens (tertiary/aromatic N) is 1. The molecular formula is C18H25NO4S. The third kappa shape index (κ3) is 4.51. The molecule has 1 saturated heterocycles. The molecule has 0 radical (unpaired) electrons. The molecule has 0 N–H and O–H groups in total. The first-order valence-electron chi connectivity index (χ1n) is 8.28. The van der Waals surface area contributed by atoms with Gasteiger partial charge in [0.15, 0.2) is 0 Å². The molecule has 3 unspecified atom stereocenters. The summed E-state index contributed by atoms with van der Waals surface area (Å²) in [6, 6.07) is 10.0. The Balaban J connectivity index is 1.99. The second-order valence-electron chi connectivity index (χ2n) is 5.80. The Hall–Kier alpha value is -1.53. The van der Waals surface area contributed by atoms with Gasteiger partial charge in [0.05, 0.1) is 18.5 Å². The number of carbonyl (C=O) groups excluding carboxylic acids is 2. The van der Waals surface area contributed by atoms with E-state index in [2.05, 4.69) is 4.90 Å². The molecule has 6 heteroatoms. The molecule has 1 aliphatic rings. The topological polar surface area (TPSA) is 55.6 Å². The number of thioether (sulfide) groups is 1. The van der Waals surface area contributed by atoms with Crippen molar-refractivity contribution >= 4 is 23.7 Å². The fourth-order valence-corrected chi connectivity index (χ4v) is 3.66. The highest BCUT2D eigenvalue weighted by Crippen LogP contribution is 2.39. The molecule has 5 nitrogen and oxygen atoms in total. The van der Waals surface area contributed by atoms with Crippen molar-refractivity contribution in [3.05, 3.63) is 35.9 Å². The normalized spacial score (nSPS) is 23.4. The number of rotatable bonds is 9. The molecule has 0 aromatic heterocycles. The molecule has 0 saturated carbocycles. The number of ether oxygens (including phenoxy) is 2. The summed E-state index contributed by atoms with van der Waals surface area (Å²) in [5.41, 5.74) is 0.532. The lowest BCUT2D eigenvalue weighted by atomic mass is 10.2. The third-order valence-corrected chi connectivity index (χ3v) is 5.35. The SMILES string of the molecule is CCOC(=O)C(C)SCC1(C(=O)OCC)CN1Cc1ccccc1. The van der Waals surface area contributed by atoms with Gasteiger partial charge in [0, 0.05) is 18.8 Å². The Morgan fingerprint density at radius 1 is 1.21 bits per heavy atom. The standard InChI is InChI=1S/C18H25NO4S/c1-4-22-16(20)14(3)24-13-18(17(21)23-5-2)12-19(18)11-15-9-7-6-8-10-15/h6-10,14H,4-5,11-13H2,1-3H3. The van der Waals surface area contributed by atoms with Crippen LogP contribution in [0.2, 0.25) is 0 Å². The molecule has 0 bridgehead atoms. The van der Waals surface area contributed by atoms with E-state index in [4.69, 9.17) is 9.47 Å². The van der Waals surface area contributed by atoms with Crippen LogP contribution in [0.15, 0.2) is 30.3 Å². The summed E-state index contributed by atoms with van der Waals surface area (Å²) in [4.78, 5) is 26.3. The molecule has 0 aliphatic carbocycles. The van der Waals surface area contributed by atoms with E-state index in [1.807, 2.05) is 44.2 Å². The van der Waals surface area contributed by atoms with Crippen molar-refractivity contribution in [2.75, 3.05) is 25.5 Å². The van der Waals surface area contributed by atoms with Crippen LogP contribution in [0.3, 0.4) is 0 Å². The lowest BCUT2D eigenvalue weighted by molar-refractivity contribution is -0.147. The van der Waals surface area contributed by atoms with Gasteiger partial charge in [-0.05, 0) is 26.3 Å². The highest BCUT2D eigenvalue weighted by Gasteiger charge is 2.59. The Kier molecular flexibility index (Phi) is 6.69. The van der Waals surface area contributed by atoms with Gasteiger partial charge in [-0.2, -0.15) is 0 Å². The summed E-state index contributed by atoms with van der Waals surface area (Å²) in [5.74, 6) is 0.0832. The van der Waals surface area contributed by atoms with Gasteiger partial charge in [0.25, 0.3) is 0 Å². The number of esters is 2. The van der Waals surface area contributed by atoms with Crippen LogP contribution in [0.5, 0.6) is 0 Å². The van der Waals surface area contributed by atoms with Gasteiger partial charge in [0.1, 0.15) is 5.54 Å². The van der Waals surface area contributed by atoms with Crippen molar-refractivity contribution in [1.82, 2.24) is 4.90 Å². The van der Waals surface area contributed by atoms with E-state index in [1.165, 1.54) is 11.8 Å². The summed E-state index contributed by atoms with van der Waals surface area (Å²) in [6.45, 7) is 7.50. The molecule has 1 aromatic rings. The highest BCUT2D eigenvalue weighted by molar-refractivity contribution is 8.00. The predicted molar refractivity (Wildman–Crippen MR) is 94.8 cm³/mol. The van der Waals surface area contributed by atoms with Crippen molar-refractivity contribution in [3.63, 3.8) is 0 Å². The van der Waals surface area contributed by atoms with Crippen molar-refractivity contribution < 1.29 is 19.1 Å². The van der Waals surface area contributed by atoms with Crippen molar-refractivity contribution in [3.8, 4) is 0 Å². The zero-order valence-corrected chi connectivity index (χ0v) is 15.3. The van der Waals surface area contributed by atoms with Gasteiger partial charge in [-0.15, -0.1) is 11.8 Å². The minimum Gasteiger partial charge on any atom is -0.465 e. The lowest BCUT2D eigenvalue weighted by Gasteiger charge is -2.18. The van der Waals surface area contributed by atoms with E-state index in [-0.39, 0.29) is 17.2 Å². The largest absolute Gasteiger partial charge is 0.465 e. The maximum Gasteiger partial charge on any atom is 0.328 e. The van der Waals surface area contributed by atoms with Gasteiger partial charge in [0.2, 0.25) is 0 Å². The maximum atomic E-state index is 12.4. The van der Waals surface area contributed by atoms with Gasteiger partial charge in [-0.25, -0.2) is 4.79 Å². The Labute approximate surface area is 147 Å². The van der Waals surface area contributed by atoms with Crippen LogP contribution >= 0.6 is 11.8 Å². The summed E-state index contributed by atoms with van der Waals surface area (Å²) in [5, 5.41) is -0.296. The Morgan fingerprint density at radius 2 is 1.88 bits per heavy atom. The molecule has 1 aromatic carbocycles. The fraction of sp³-hybridized carbons (Fsp3) is 0.556. The second kappa shape index (κ2) is 8.53. The van der Waals surface area contributed by atoms with E-state index < -0.39 is 5.54 Å². The molecule has 1 fully saturated rings. The second-order valence-corrected chi connectivity index (χ2v) is 7.13. The predicted octanol–water partition coefficient (Wildman–Crippen LogP) is 2.49. The van der Waals surface area contributed by atoms with Crippen LogP contribution in [0.1, 0.15) is 26.3 Å². The minimum atomic E-state index is -0.628. The van der Waals surface area contributed by atoms with Crippen LogP contribution in [0, 0.1) is 0 Å². The minimum absolute atomic E-state index is 0.204. The summed E-state index contributed by atoms with van der Waals surface area (Å²) < 4.78 is 10.3. The van der Waals surface area contributed by atoms with Crippen LogP contribution in [-0.4, -0.2) is 53.1 Å². The lowest BCUT2D eigenvalue weighted by Crippen LogP contribution is -2.35. The smallest absolute Gasteiger partial charge is 0.328 e. The summed E-state index contributed by atoms with van der Waals surface area (Å²) >= 11 is 1.45. The molecule has 1 aliphatic heterocycles. The molecule has 0 amide bonds. The zero-order chi connectivity index (χ0) is 17.6. The number of carbonyl (C=O) groups is 2. The van der Waals surface area contributed by atoms with Crippen molar-refractivity contribution in [2.45, 2.75) is 38.1 Å². The quantitative estimate of drug-likeness (QED) is 0.503. The van der Waals surface area contributed by atoms with E-state index in [0.29, 0.717) is 32.1 Å². The van der Waals surface area contributed by atoms with Crippen LogP contribution in [-0.2, 0) is 25.6 Å². The molecule has 2 rings (SSSR count). The van der Waals surface area contributed by atoms with Gasteiger partial charge in [-0.3, -0.25) is 9.69 Å². The van der Waals surface area contributed by atoms with E-state index in [9.17, 15) is 9.59 Å². The highest BCUT2D eigenvalue weighted by atomic mass is 32.2. The first-order chi connectivity index (χ1) is 11.5. The molecule has 24 heavy (non-hydrogen) atoms. The first-order valence-corrected chi connectivity index (χ1v) is 9.32. The van der Waals surface area contributed by atoms with Crippen molar-refractivity contribution in [2.24, 2.45) is 0 Å². The van der Waals surface area contributed by atoms with Crippen LogP contribution < -0.4 is 0 Å². The third-order valence-electron chi connectivity index (χ3n) is 4.02. The summed E-state index contributed by atoms with van der Waals surface area (Å²) in [6.07, 6.45) is 0. The average molecular weight is 351 g/mol. The Morgan fingerprint density at radius 3 is 2.50 bits per heavy atom. The summed E-state index contributed by atoms with van der Waals surface area (Å²) in [7, 11) is 0. The van der Waals surface area contributed by atoms with Crippen LogP contribution in [0.25, 0.3) is 0 Å². The van der Waals surface area contributed by atoms with E-state index >= 15 is 0 Å². The molecule has 3 atom stereocenters. The Bertz CT molecular complexity index is 565. The molecule has 1 heterocycles. The van der Waals surface area contributed by atoms with Gasteiger partial charge in [-0.1, -0.05) is 30.3 Å². The van der Waals surface area contributed by atoms with Crippen LogP contribution in [0.4, 0.5) is 0 Å². The number of hydrogen-bond acceptors (Lipinski definition) is 6. The van der Waals surface area contributed by atoms with Gasteiger partial charge < -0.3 is 9.47 Å². The molecule has 132 valence electrons. The number of hydrogen-bond donors (Lipinski definition) is 0. The monoisotopic (exact) mass is 351 g/mol. The average Bonchev–Trinajstić information content (AvgIpc) is 3.28. The zero-order valence-electron chi connectivity index (χ0n) is 14.5. The van der Waals surface area contributed by atoms with E-state index in [1.54, 1.807) is 6.92 Å². The van der Waals surface area contributed by atoms with Crippen molar-refractivity contribution in [1.29, 1.82) is 0 Å². The first kappa shape index (κ1) is 18.8. The fourth-order valence-electron chi connectivity index (χ4n) is 2.54. The molecular weight excluding hydrogens is 326 g/mol. The molecule has 0 spiro atoms. The maximum absolute atomic E-state index is 12.4.